The Labute approximate surface area is 258 Å². The largest absolute Gasteiger partial charge is 0.494 e. The van der Waals surface area contributed by atoms with Crippen molar-refractivity contribution in [1.29, 1.82) is 0 Å². The molecule has 0 aromatic heterocycles. The molecule has 44 heavy (non-hydrogen) atoms. The van der Waals surface area contributed by atoms with Gasteiger partial charge in [0.25, 0.3) is 0 Å². The van der Waals surface area contributed by atoms with Crippen molar-refractivity contribution in [2.24, 2.45) is 5.92 Å². The highest BCUT2D eigenvalue weighted by Crippen LogP contribution is 2.48. The summed E-state index contributed by atoms with van der Waals surface area (Å²) in [7, 11) is -2.48. The number of aryl methyl sites for hydroxylation is 3. The molecule has 1 saturated heterocycles. The van der Waals surface area contributed by atoms with Gasteiger partial charge in [0.1, 0.15) is 0 Å². The minimum Gasteiger partial charge on any atom is -0.494 e. The van der Waals surface area contributed by atoms with Crippen molar-refractivity contribution in [3.05, 3.63) is 82.2 Å². The molecule has 11 heteroatoms. The Kier molecular flexibility index (Phi) is 9.20. The fourth-order valence-corrected chi connectivity index (χ4v) is 8.68. The third-order valence-corrected chi connectivity index (χ3v) is 10.7. The van der Waals surface area contributed by atoms with Gasteiger partial charge in [-0.25, -0.2) is 12.8 Å². The van der Waals surface area contributed by atoms with Crippen molar-refractivity contribution in [2.45, 2.75) is 51.0 Å². The number of benzene rings is 3. The number of carboxylic acids is 1. The van der Waals surface area contributed by atoms with Gasteiger partial charge in [-0.2, -0.15) is 4.31 Å². The third kappa shape index (κ3) is 6.00. The minimum atomic E-state index is -3.85. The number of sulfonamides is 1. The molecule has 1 N–H and O–H groups in total. The Morgan fingerprint density at radius 2 is 1.70 bits per heavy atom. The van der Waals surface area contributed by atoms with E-state index in [-0.39, 0.29) is 25.6 Å². The van der Waals surface area contributed by atoms with Crippen LogP contribution in [0, 0.1) is 32.5 Å². The summed E-state index contributed by atoms with van der Waals surface area (Å²) in [6.45, 7) is 8.56. The lowest BCUT2D eigenvalue weighted by Gasteiger charge is -2.30. The van der Waals surface area contributed by atoms with Crippen molar-refractivity contribution in [2.75, 3.05) is 40.1 Å². The zero-order chi connectivity index (χ0) is 31.8. The fourth-order valence-electron chi connectivity index (χ4n) is 6.75. The number of likely N-dealkylation sites (tertiary alicyclic amines) is 1. The molecule has 2 aliphatic rings. The monoisotopic (exact) mass is 626 g/mol. The summed E-state index contributed by atoms with van der Waals surface area (Å²) in [5.41, 5.74) is 3.60. The maximum Gasteiger partial charge on any atom is 0.309 e. The number of hydrogen-bond donors (Lipinski definition) is 1. The highest BCUT2D eigenvalue weighted by molar-refractivity contribution is 7.89. The predicted octanol–water partition coefficient (Wildman–Crippen LogP) is 5.43. The van der Waals surface area contributed by atoms with Crippen LogP contribution < -0.4 is 14.2 Å². The highest BCUT2D eigenvalue weighted by atomic mass is 32.2. The van der Waals surface area contributed by atoms with Crippen LogP contribution in [0.4, 0.5) is 4.39 Å². The zero-order valence-corrected chi connectivity index (χ0v) is 26.5. The molecule has 9 nitrogen and oxygen atoms in total. The number of methoxy groups -OCH3 is 1. The van der Waals surface area contributed by atoms with E-state index < -0.39 is 39.7 Å². The number of ether oxygens (including phenoxy) is 3. The van der Waals surface area contributed by atoms with Crippen LogP contribution in [0.2, 0.25) is 0 Å². The second kappa shape index (κ2) is 12.7. The maximum atomic E-state index is 15.0. The SMILES string of the molecule is CCCN(CCN1CC(c2ccc3c(c2)OCO3)C(C(=O)O)C1c1ccc(OC)c(F)c1)S(=O)(=O)c1c(C)cc(C)cc1C. The fraction of sp³-hybridized carbons (Fsp3) is 0.424. The summed E-state index contributed by atoms with van der Waals surface area (Å²) < 4.78 is 60.7. The smallest absolute Gasteiger partial charge is 0.309 e. The van der Waals surface area contributed by atoms with E-state index in [9.17, 15) is 22.7 Å². The summed E-state index contributed by atoms with van der Waals surface area (Å²) in [4.78, 5) is 15.2. The van der Waals surface area contributed by atoms with Gasteiger partial charge in [0, 0.05) is 38.1 Å². The van der Waals surface area contributed by atoms with Crippen molar-refractivity contribution in [1.82, 2.24) is 9.21 Å². The van der Waals surface area contributed by atoms with Gasteiger partial charge in [0.2, 0.25) is 16.8 Å². The molecule has 0 bridgehead atoms. The number of rotatable bonds is 11. The molecule has 0 aliphatic carbocycles. The average Bonchev–Trinajstić information content (AvgIpc) is 3.59. The van der Waals surface area contributed by atoms with Gasteiger partial charge in [0.05, 0.1) is 17.9 Å². The number of fused-ring (bicyclic) bond motifs is 1. The van der Waals surface area contributed by atoms with Gasteiger partial charge in [-0.15, -0.1) is 0 Å². The topological polar surface area (TPSA) is 106 Å². The molecule has 0 radical (unpaired) electrons. The summed E-state index contributed by atoms with van der Waals surface area (Å²) in [5.74, 6) is -1.86. The van der Waals surface area contributed by atoms with Crippen LogP contribution in [0.3, 0.4) is 0 Å². The van der Waals surface area contributed by atoms with E-state index in [0.717, 1.165) is 11.1 Å². The van der Waals surface area contributed by atoms with Gasteiger partial charge in [0.15, 0.2) is 23.1 Å². The first-order valence-corrected chi connectivity index (χ1v) is 16.2. The lowest BCUT2D eigenvalue weighted by molar-refractivity contribution is -0.143. The van der Waals surface area contributed by atoms with Crippen LogP contribution in [0.1, 0.15) is 53.1 Å². The second-order valence-electron chi connectivity index (χ2n) is 11.5. The first kappa shape index (κ1) is 31.7. The summed E-state index contributed by atoms with van der Waals surface area (Å²) in [6.07, 6.45) is 0.605. The Balaban J connectivity index is 1.52. The van der Waals surface area contributed by atoms with Crippen LogP contribution in [-0.2, 0) is 14.8 Å². The van der Waals surface area contributed by atoms with Crippen LogP contribution in [0.5, 0.6) is 17.2 Å². The van der Waals surface area contributed by atoms with Gasteiger partial charge in [-0.1, -0.05) is 36.8 Å². The number of aliphatic carboxylic acids is 1. The minimum absolute atomic E-state index is 0.0570. The summed E-state index contributed by atoms with van der Waals surface area (Å²) >= 11 is 0. The molecule has 3 unspecified atom stereocenters. The highest BCUT2D eigenvalue weighted by Gasteiger charge is 2.48. The first-order chi connectivity index (χ1) is 21.0. The first-order valence-electron chi connectivity index (χ1n) is 14.7. The number of carboxylic acid groups (broad SMARTS) is 1. The zero-order valence-electron chi connectivity index (χ0n) is 25.7. The molecule has 0 saturated carbocycles. The van der Waals surface area contributed by atoms with Crippen LogP contribution >= 0.6 is 0 Å². The van der Waals surface area contributed by atoms with E-state index >= 15 is 0 Å². The number of halogens is 1. The Bertz CT molecular complexity index is 1640. The molecular formula is C33H39FN2O7S. The van der Waals surface area contributed by atoms with E-state index in [1.54, 1.807) is 32.0 Å². The lowest BCUT2D eigenvalue weighted by Crippen LogP contribution is -2.40. The Morgan fingerprint density at radius 3 is 2.34 bits per heavy atom. The molecule has 0 spiro atoms. The number of hydrogen-bond acceptors (Lipinski definition) is 7. The summed E-state index contributed by atoms with van der Waals surface area (Å²) in [5, 5.41) is 10.6. The van der Waals surface area contributed by atoms with E-state index in [2.05, 4.69) is 0 Å². The van der Waals surface area contributed by atoms with Crippen molar-refractivity contribution >= 4 is 16.0 Å². The molecule has 5 rings (SSSR count). The number of carbonyl (C=O) groups is 1. The second-order valence-corrected chi connectivity index (χ2v) is 13.4. The molecule has 1 fully saturated rings. The average molecular weight is 627 g/mol. The van der Waals surface area contributed by atoms with Gasteiger partial charge in [-0.05, 0) is 73.7 Å². The van der Waals surface area contributed by atoms with E-state index in [0.29, 0.717) is 52.6 Å². The third-order valence-electron chi connectivity index (χ3n) is 8.54. The molecule has 2 aliphatic heterocycles. The Morgan fingerprint density at radius 1 is 1.02 bits per heavy atom. The predicted molar refractivity (Wildman–Crippen MR) is 163 cm³/mol. The number of nitrogens with zero attached hydrogens (tertiary/aromatic N) is 2. The standard InChI is InChI=1S/C33H39FN2O7S/c1-6-11-36(44(39,40)32-21(3)14-20(2)15-22(32)4)13-12-35-18-25(23-7-10-28-29(17-23)43-19-42-28)30(33(37)38)31(35)24-8-9-27(41-5)26(34)16-24/h7-10,14-17,25,30-31H,6,11-13,18-19H2,1-5H3,(H,37,38). The Hall–Kier alpha value is -3.67. The van der Waals surface area contributed by atoms with E-state index in [4.69, 9.17) is 14.2 Å². The summed E-state index contributed by atoms with van der Waals surface area (Å²) in [6, 6.07) is 12.9. The van der Waals surface area contributed by atoms with E-state index in [1.165, 1.54) is 23.5 Å². The normalized spacial score (nSPS) is 19.9. The quantitative estimate of drug-likeness (QED) is 0.301. The van der Waals surface area contributed by atoms with Gasteiger partial charge < -0.3 is 19.3 Å². The van der Waals surface area contributed by atoms with Gasteiger partial charge in [-0.3, -0.25) is 9.69 Å². The molecular weight excluding hydrogens is 587 g/mol. The van der Waals surface area contributed by atoms with Crippen molar-refractivity contribution < 1.29 is 36.9 Å². The van der Waals surface area contributed by atoms with Crippen LogP contribution in [0.25, 0.3) is 0 Å². The van der Waals surface area contributed by atoms with E-state index in [1.807, 2.05) is 36.9 Å². The molecule has 236 valence electrons. The van der Waals surface area contributed by atoms with Crippen molar-refractivity contribution in [3.8, 4) is 17.2 Å². The molecule has 3 aromatic carbocycles. The van der Waals surface area contributed by atoms with Crippen LogP contribution in [-0.4, -0.2) is 68.8 Å². The molecule has 2 heterocycles. The van der Waals surface area contributed by atoms with Gasteiger partial charge >= 0.3 is 5.97 Å². The molecule has 3 aromatic rings. The molecule has 0 amide bonds. The van der Waals surface area contributed by atoms with Crippen molar-refractivity contribution in [3.63, 3.8) is 0 Å². The maximum absolute atomic E-state index is 15.0. The lowest BCUT2D eigenvalue weighted by atomic mass is 9.82. The molecule has 3 atom stereocenters. The van der Waals surface area contributed by atoms with Crippen LogP contribution in [0.15, 0.2) is 53.4 Å².